The number of fused-ring (bicyclic) bond motifs is 1. The molecule has 126 valence electrons. The highest BCUT2D eigenvalue weighted by atomic mass is 16.3. The summed E-state index contributed by atoms with van der Waals surface area (Å²) in [7, 11) is 0. The summed E-state index contributed by atoms with van der Waals surface area (Å²) in [6, 6.07) is 19.3. The monoisotopic (exact) mass is 334 g/mol. The van der Waals surface area contributed by atoms with E-state index in [1.54, 1.807) is 36.4 Å². The van der Waals surface area contributed by atoms with Crippen molar-refractivity contribution in [1.82, 2.24) is 5.32 Å². The van der Waals surface area contributed by atoms with Crippen molar-refractivity contribution in [2.75, 3.05) is 5.32 Å². The lowest BCUT2D eigenvalue weighted by atomic mass is 10.1. The Labute approximate surface area is 145 Å². The molecule has 5 nitrogen and oxygen atoms in total. The first-order valence-electron chi connectivity index (χ1n) is 7.94. The van der Waals surface area contributed by atoms with Crippen LogP contribution in [0, 0.1) is 0 Å². The van der Waals surface area contributed by atoms with Crippen molar-refractivity contribution < 1.29 is 14.7 Å². The predicted molar refractivity (Wildman–Crippen MR) is 97.2 cm³/mol. The summed E-state index contributed by atoms with van der Waals surface area (Å²) in [4.78, 5) is 24.4. The molecule has 0 aliphatic rings. The van der Waals surface area contributed by atoms with Crippen LogP contribution in [0.5, 0.6) is 5.75 Å². The van der Waals surface area contributed by atoms with Crippen LogP contribution in [0.2, 0.25) is 0 Å². The Balaban J connectivity index is 1.74. The number of rotatable bonds is 3. The lowest BCUT2D eigenvalue weighted by Crippen LogP contribution is -2.36. The molecule has 3 aromatic carbocycles. The third-order valence-corrected chi connectivity index (χ3v) is 4.00. The van der Waals surface area contributed by atoms with E-state index in [-0.39, 0.29) is 11.8 Å². The van der Waals surface area contributed by atoms with Crippen LogP contribution < -0.4 is 10.6 Å². The van der Waals surface area contributed by atoms with E-state index >= 15 is 0 Å². The van der Waals surface area contributed by atoms with Crippen molar-refractivity contribution in [2.24, 2.45) is 0 Å². The molecule has 2 amide bonds. The van der Waals surface area contributed by atoms with Crippen LogP contribution in [0.25, 0.3) is 10.8 Å². The number of amides is 2. The van der Waals surface area contributed by atoms with Gasteiger partial charge in [0.25, 0.3) is 0 Å². The lowest BCUT2D eigenvalue weighted by molar-refractivity contribution is -0.136. The number of aromatic hydroxyl groups is 1. The van der Waals surface area contributed by atoms with Gasteiger partial charge < -0.3 is 15.7 Å². The van der Waals surface area contributed by atoms with Gasteiger partial charge in [-0.25, -0.2) is 0 Å². The number of carbonyl (C=O) groups is 2. The van der Waals surface area contributed by atoms with E-state index in [9.17, 15) is 14.7 Å². The normalized spacial score (nSPS) is 11.7. The zero-order chi connectivity index (χ0) is 17.8. The highest BCUT2D eigenvalue weighted by Gasteiger charge is 2.18. The summed E-state index contributed by atoms with van der Waals surface area (Å²) in [5.74, 6) is -1.34. The maximum Gasteiger partial charge on any atom is 0.313 e. The Morgan fingerprint density at radius 1 is 0.840 bits per heavy atom. The van der Waals surface area contributed by atoms with Gasteiger partial charge in [-0.1, -0.05) is 54.6 Å². The van der Waals surface area contributed by atoms with Gasteiger partial charge >= 0.3 is 11.8 Å². The minimum Gasteiger partial charge on any atom is -0.507 e. The number of anilines is 1. The standard InChI is InChI=1S/C20H18N2O3/c1-13(14-7-3-2-4-8-14)21-19(24)20(25)22-17-11-5-10-16-15(17)9-6-12-18(16)23/h2-13,23H,1H3,(H,21,24)(H,22,25). The summed E-state index contributed by atoms with van der Waals surface area (Å²) in [6.07, 6.45) is 0. The van der Waals surface area contributed by atoms with Gasteiger partial charge in [-0.2, -0.15) is 0 Å². The minimum atomic E-state index is -0.751. The van der Waals surface area contributed by atoms with Crippen molar-refractivity contribution in [1.29, 1.82) is 0 Å². The fourth-order valence-corrected chi connectivity index (χ4v) is 2.67. The highest BCUT2D eigenvalue weighted by Crippen LogP contribution is 2.29. The summed E-state index contributed by atoms with van der Waals surface area (Å²) in [5.41, 5.74) is 1.39. The zero-order valence-corrected chi connectivity index (χ0v) is 13.7. The zero-order valence-electron chi connectivity index (χ0n) is 13.7. The molecule has 0 heterocycles. The van der Waals surface area contributed by atoms with Crippen LogP contribution in [-0.2, 0) is 9.59 Å². The van der Waals surface area contributed by atoms with Crippen LogP contribution in [-0.4, -0.2) is 16.9 Å². The second-order valence-electron chi connectivity index (χ2n) is 5.74. The van der Waals surface area contributed by atoms with Crippen LogP contribution in [0.1, 0.15) is 18.5 Å². The second-order valence-corrected chi connectivity index (χ2v) is 5.74. The van der Waals surface area contributed by atoms with E-state index in [0.717, 1.165) is 5.56 Å². The van der Waals surface area contributed by atoms with E-state index in [1.807, 2.05) is 37.3 Å². The molecule has 0 bridgehead atoms. The van der Waals surface area contributed by atoms with Gasteiger partial charge in [0, 0.05) is 16.5 Å². The van der Waals surface area contributed by atoms with Crippen LogP contribution >= 0.6 is 0 Å². The Morgan fingerprint density at radius 3 is 2.28 bits per heavy atom. The molecule has 0 spiro atoms. The number of phenols is 1. The fraction of sp³-hybridized carbons (Fsp3) is 0.100. The quantitative estimate of drug-likeness (QED) is 0.643. The van der Waals surface area contributed by atoms with Gasteiger partial charge in [0.1, 0.15) is 5.75 Å². The molecule has 0 radical (unpaired) electrons. The van der Waals surface area contributed by atoms with E-state index in [1.165, 1.54) is 0 Å². The fourth-order valence-electron chi connectivity index (χ4n) is 2.67. The molecule has 3 aromatic rings. The number of hydrogen-bond acceptors (Lipinski definition) is 3. The largest absolute Gasteiger partial charge is 0.507 e. The van der Waals surface area contributed by atoms with Gasteiger partial charge in [-0.15, -0.1) is 0 Å². The molecule has 5 heteroatoms. The summed E-state index contributed by atoms with van der Waals surface area (Å²) >= 11 is 0. The van der Waals surface area contributed by atoms with Gasteiger partial charge in [-0.05, 0) is 24.6 Å². The summed E-state index contributed by atoms with van der Waals surface area (Å²) in [5, 5.41) is 16.4. The average molecular weight is 334 g/mol. The first kappa shape index (κ1) is 16.5. The smallest absolute Gasteiger partial charge is 0.313 e. The van der Waals surface area contributed by atoms with E-state index in [2.05, 4.69) is 10.6 Å². The number of benzene rings is 3. The molecule has 0 aliphatic carbocycles. The predicted octanol–water partition coefficient (Wildman–Crippen LogP) is 3.36. The molecule has 1 atom stereocenters. The lowest BCUT2D eigenvalue weighted by Gasteiger charge is -2.14. The molecule has 0 fully saturated rings. The van der Waals surface area contributed by atoms with Gasteiger partial charge in [0.05, 0.1) is 6.04 Å². The van der Waals surface area contributed by atoms with Crippen molar-refractivity contribution in [3.05, 3.63) is 72.3 Å². The molecule has 0 aromatic heterocycles. The Morgan fingerprint density at radius 2 is 1.52 bits per heavy atom. The first-order valence-corrected chi connectivity index (χ1v) is 7.94. The summed E-state index contributed by atoms with van der Waals surface area (Å²) < 4.78 is 0. The van der Waals surface area contributed by atoms with Gasteiger partial charge in [-0.3, -0.25) is 9.59 Å². The van der Waals surface area contributed by atoms with Gasteiger partial charge in [0.15, 0.2) is 0 Å². The molecule has 0 saturated heterocycles. The Bertz CT molecular complexity index is 923. The molecule has 3 N–H and O–H groups in total. The molecule has 1 unspecified atom stereocenters. The Hall–Kier alpha value is -3.34. The first-order chi connectivity index (χ1) is 12.1. The number of phenolic OH excluding ortho intramolecular Hbond substituents is 1. The summed E-state index contributed by atoms with van der Waals surface area (Å²) in [6.45, 7) is 1.82. The van der Waals surface area contributed by atoms with Crippen LogP contribution in [0.4, 0.5) is 5.69 Å². The number of carbonyl (C=O) groups excluding carboxylic acids is 2. The number of nitrogens with one attached hydrogen (secondary N) is 2. The molecule has 0 saturated carbocycles. The van der Waals surface area contributed by atoms with Crippen molar-refractivity contribution in [3.63, 3.8) is 0 Å². The van der Waals surface area contributed by atoms with Crippen molar-refractivity contribution in [3.8, 4) is 5.75 Å². The highest BCUT2D eigenvalue weighted by molar-refractivity contribution is 6.40. The van der Waals surface area contributed by atoms with Gasteiger partial charge in [0.2, 0.25) is 0 Å². The molecular weight excluding hydrogens is 316 g/mol. The third kappa shape index (κ3) is 3.61. The molecule has 25 heavy (non-hydrogen) atoms. The topological polar surface area (TPSA) is 78.4 Å². The SMILES string of the molecule is CC(NC(=O)C(=O)Nc1cccc2c(O)cccc12)c1ccccc1. The van der Waals surface area contributed by atoms with Crippen molar-refractivity contribution in [2.45, 2.75) is 13.0 Å². The maximum absolute atomic E-state index is 12.2. The van der Waals surface area contributed by atoms with E-state index < -0.39 is 11.8 Å². The van der Waals surface area contributed by atoms with E-state index in [4.69, 9.17) is 0 Å². The van der Waals surface area contributed by atoms with Crippen LogP contribution in [0.3, 0.4) is 0 Å². The molecule has 3 rings (SSSR count). The maximum atomic E-state index is 12.2. The average Bonchev–Trinajstić information content (AvgIpc) is 2.63. The third-order valence-electron chi connectivity index (χ3n) is 4.00. The molecular formula is C20H18N2O3. The van der Waals surface area contributed by atoms with Crippen molar-refractivity contribution >= 4 is 28.3 Å². The number of hydrogen-bond donors (Lipinski definition) is 3. The van der Waals surface area contributed by atoms with Crippen LogP contribution in [0.15, 0.2) is 66.7 Å². The Kier molecular flexibility index (Phi) is 4.66. The molecule has 0 aliphatic heterocycles. The van der Waals surface area contributed by atoms with E-state index in [0.29, 0.717) is 16.5 Å². The second kappa shape index (κ2) is 7.05. The minimum absolute atomic E-state index is 0.121.